The molecule has 0 aliphatic carbocycles. The Kier molecular flexibility index (Phi) is 4.62. The van der Waals surface area contributed by atoms with Crippen LogP contribution in [0.2, 0.25) is 5.02 Å². The molecule has 1 N–H and O–H groups in total. The minimum atomic E-state index is 0.577. The van der Waals surface area contributed by atoms with E-state index >= 15 is 0 Å². The molecule has 0 saturated carbocycles. The zero-order valence-electron chi connectivity index (χ0n) is 11.0. The van der Waals surface area contributed by atoms with Crippen molar-refractivity contribution < 1.29 is 9.47 Å². The van der Waals surface area contributed by atoms with Gasteiger partial charge in [-0.05, 0) is 51.8 Å². The minimum absolute atomic E-state index is 0.577. The molecule has 0 radical (unpaired) electrons. The Morgan fingerprint density at radius 1 is 1.10 bits per heavy atom. The Balaban J connectivity index is 1.79. The predicted molar refractivity (Wildman–Crippen MR) is 91.6 cm³/mol. The second-order valence-corrected chi connectivity index (χ2v) is 6.76. The van der Waals surface area contributed by atoms with Gasteiger partial charge in [-0.25, -0.2) is 0 Å². The molecule has 0 aromatic heterocycles. The first-order valence-corrected chi connectivity index (χ1v) is 8.37. The molecule has 21 heavy (non-hydrogen) atoms. The standard InChI is InChI=1S/C15H12Br2ClNO2/c16-10-1-2-12(18)13(7-10)19-8-9-5-11(17)15-14(6-9)20-3-4-21-15/h1-2,5-7,19H,3-4,8H2. The molecule has 0 fully saturated rings. The highest BCUT2D eigenvalue weighted by molar-refractivity contribution is 9.10. The number of ether oxygens (including phenoxy) is 2. The SMILES string of the molecule is Clc1ccc(Br)cc1NCc1cc(Br)c2c(c1)OCCO2. The summed E-state index contributed by atoms with van der Waals surface area (Å²) in [5.41, 5.74) is 1.97. The second-order valence-electron chi connectivity index (χ2n) is 4.58. The Bertz CT molecular complexity index is 679. The van der Waals surface area contributed by atoms with E-state index in [1.54, 1.807) is 0 Å². The van der Waals surface area contributed by atoms with Gasteiger partial charge in [0.1, 0.15) is 13.2 Å². The largest absolute Gasteiger partial charge is 0.486 e. The maximum atomic E-state index is 6.17. The van der Waals surface area contributed by atoms with E-state index < -0.39 is 0 Å². The first kappa shape index (κ1) is 15.0. The summed E-state index contributed by atoms with van der Waals surface area (Å²) in [5.74, 6) is 1.54. The molecule has 0 saturated heterocycles. The molecule has 2 aromatic rings. The lowest BCUT2D eigenvalue weighted by Gasteiger charge is -2.20. The van der Waals surface area contributed by atoms with Crippen molar-refractivity contribution in [3.8, 4) is 11.5 Å². The molecule has 0 spiro atoms. The van der Waals surface area contributed by atoms with E-state index in [1.807, 2.05) is 30.3 Å². The molecule has 3 nitrogen and oxygen atoms in total. The molecular formula is C15H12Br2ClNO2. The average Bonchev–Trinajstić information content (AvgIpc) is 2.48. The van der Waals surface area contributed by atoms with Gasteiger partial charge in [0, 0.05) is 11.0 Å². The van der Waals surface area contributed by atoms with Crippen molar-refractivity contribution in [3.05, 3.63) is 49.9 Å². The van der Waals surface area contributed by atoms with Crippen LogP contribution in [0.1, 0.15) is 5.56 Å². The first-order chi connectivity index (χ1) is 10.1. The molecule has 0 atom stereocenters. The third kappa shape index (κ3) is 3.47. The van der Waals surface area contributed by atoms with Crippen LogP contribution in [-0.4, -0.2) is 13.2 Å². The lowest BCUT2D eigenvalue weighted by molar-refractivity contribution is 0.170. The average molecular weight is 434 g/mol. The van der Waals surface area contributed by atoms with Gasteiger partial charge in [0.15, 0.2) is 11.5 Å². The van der Waals surface area contributed by atoms with Crippen molar-refractivity contribution >= 4 is 49.1 Å². The maximum absolute atomic E-state index is 6.17. The van der Waals surface area contributed by atoms with Gasteiger partial charge in [-0.2, -0.15) is 0 Å². The summed E-state index contributed by atoms with van der Waals surface area (Å²) in [4.78, 5) is 0. The number of rotatable bonds is 3. The molecule has 6 heteroatoms. The van der Waals surface area contributed by atoms with E-state index in [1.165, 1.54) is 0 Å². The number of anilines is 1. The predicted octanol–water partition coefficient (Wildman–Crippen LogP) is 5.25. The lowest BCUT2D eigenvalue weighted by Crippen LogP contribution is -2.16. The van der Waals surface area contributed by atoms with Gasteiger partial charge in [0.05, 0.1) is 15.2 Å². The zero-order chi connectivity index (χ0) is 14.8. The number of hydrogen-bond acceptors (Lipinski definition) is 3. The third-order valence-electron chi connectivity index (χ3n) is 3.07. The monoisotopic (exact) mass is 431 g/mol. The van der Waals surface area contributed by atoms with Crippen LogP contribution < -0.4 is 14.8 Å². The first-order valence-electron chi connectivity index (χ1n) is 6.40. The maximum Gasteiger partial charge on any atom is 0.175 e. The molecule has 2 aromatic carbocycles. The van der Waals surface area contributed by atoms with Crippen molar-refractivity contribution in [3.63, 3.8) is 0 Å². The van der Waals surface area contributed by atoms with Crippen LogP contribution in [0, 0.1) is 0 Å². The molecule has 110 valence electrons. The van der Waals surface area contributed by atoms with E-state index in [2.05, 4.69) is 37.2 Å². The molecular weight excluding hydrogens is 421 g/mol. The Morgan fingerprint density at radius 3 is 2.76 bits per heavy atom. The number of halogens is 3. The van der Waals surface area contributed by atoms with Crippen molar-refractivity contribution in [2.24, 2.45) is 0 Å². The van der Waals surface area contributed by atoms with E-state index in [0.717, 1.165) is 31.7 Å². The Labute approximate surface area is 144 Å². The summed E-state index contributed by atoms with van der Waals surface area (Å²) in [7, 11) is 0. The van der Waals surface area contributed by atoms with Crippen molar-refractivity contribution in [2.45, 2.75) is 6.54 Å². The number of nitrogens with one attached hydrogen (secondary N) is 1. The van der Waals surface area contributed by atoms with Crippen molar-refractivity contribution in [1.82, 2.24) is 0 Å². The van der Waals surface area contributed by atoms with E-state index in [0.29, 0.717) is 24.8 Å². The van der Waals surface area contributed by atoms with Crippen LogP contribution in [-0.2, 0) is 6.54 Å². The fraction of sp³-hybridized carbons (Fsp3) is 0.200. The Hall–Kier alpha value is -0.910. The minimum Gasteiger partial charge on any atom is -0.486 e. The summed E-state index contributed by atoms with van der Waals surface area (Å²) in [6.45, 7) is 1.80. The normalized spacial score (nSPS) is 13.1. The van der Waals surface area contributed by atoms with Gasteiger partial charge in [-0.15, -0.1) is 0 Å². The zero-order valence-corrected chi connectivity index (χ0v) is 14.9. The van der Waals surface area contributed by atoms with Gasteiger partial charge >= 0.3 is 0 Å². The van der Waals surface area contributed by atoms with E-state index in [9.17, 15) is 0 Å². The molecule has 1 heterocycles. The van der Waals surface area contributed by atoms with Crippen LogP contribution in [0.25, 0.3) is 0 Å². The summed E-state index contributed by atoms with van der Waals surface area (Å²) in [6, 6.07) is 9.72. The number of hydrogen-bond donors (Lipinski definition) is 1. The highest BCUT2D eigenvalue weighted by Crippen LogP contribution is 2.38. The summed E-state index contributed by atoms with van der Waals surface area (Å²) in [6.07, 6.45) is 0. The smallest absolute Gasteiger partial charge is 0.175 e. The van der Waals surface area contributed by atoms with Gasteiger partial charge in [-0.1, -0.05) is 27.5 Å². The summed E-state index contributed by atoms with van der Waals surface area (Å²) >= 11 is 13.1. The third-order valence-corrected chi connectivity index (χ3v) is 4.48. The molecule has 3 rings (SSSR count). The molecule has 0 bridgehead atoms. The number of benzene rings is 2. The highest BCUT2D eigenvalue weighted by Gasteiger charge is 2.16. The quantitative estimate of drug-likeness (QED) is 0.717. The van der Waals surface area contributed by atoms with Gasteiger partial charge < -0.3 is 14.8 Å². The van der Waals surface area contributed by atoms with Crippen LogP contribution >= 0.6 is 43.5 Å². The fourth-order valence-electron chi connectivity index (χ4n) is 2.10. The molecule has 0 amide bonds. The molecule has 1 aliphatic heterocycles. The Morgan fingerprint density at radius 2 is 1.90 bits per heavy atom. The van der Waals surface area contributed by atoms with Crippen molar-refractivity contribution in [1.29, 1.82) is 0 Å². The van der Waals surface area contributed by atoms with Gasteiger partial charge in [-0.3, -0.25) is 0 Å². The molecule has 0 unspecified atom stereocenters. The fourth-order valence-corrected chi connectivity index (χ4v) is 3.25. The van der Waals surface area contributed by atoms with Crippen LogP contribution in [0.5, 0.6) is 11.5 Å². The molecule has 1 aliphatic rings. The number of fused-ring (bicyclic) bond motifs is 1. The topological polar surface area (TPSA) is 30.5 Å². The second kappa shape index (κ2) is 6.46. The summed E-state index contributed by atoms with van der Waals surface area (Å²) < 4.78 is 13.1. The van der Waals surface area contributed by atoms with Gasteiger partial charge in [0.2, 0.25) is 0 Å². The van der Waals surface area contributed by atoms with Crippen LogP contribution in [0.3, 0.4) is 0 Å². The lowest BCUT2D eigenvalue weighted by atomic mass is 10.2. The van der Waals surface area contributed by atoms with Crippen LogP contribution in [0.4, 0.5) is 5.69 Å². The van der Waals surface area contributed by atoms with E-state index in [-0.39, 0.29) is 0 Å². The van der Waals surface area contributed by atoms with Crippen LogP contribution in [0.15, 0.2) is 39.3 Å². The highest BCUT2D eigenvalue weighted by atomic mass is 79.9. The summed E-state index contributed by atoms with van der Waals surface area (Å²) in [5, 5.41) is 4.01. The van der Waals surface area contributed by atoms with E-state index in [4.69, 9.17) is 21.1 Å². The van der Waals surface area contributed by atoms with Gasteiger partial charge in [0.25, 0.3) is 0 Å². The van der Waals surface area contributed by atoms with Crippen molar-refractivity contribution in [2.75, 3.05) is 18.5 Å².